The zero-order chi connectivity index (χ0) is 38.7. The molecule has 0 saturated carbocycles. The minimum absolute atomic E-state index is 0. The van der Waals surface area contributed by atoms with E-state index in [0.717, 1.165) is 67.0 Å². The zero-order valence-corrected chi connectivity index (χ0v) is 34.0. The number of aromatic nitrogens is 3. The molecule has 0 bridgehead atoms. The molecule has 10 rings (SSSR count). The summed E-state index contributed by atoms with van der Waals surface area (Å²) in [4.78, 5) is 4.70. The van der Waals surface area contributed by atoms with Crippen LogP contribution in [0.5, 0.6) is 11.5 Å². The second-order valence-electron chi connectivity index (χ2n) is 14.0. The van der Waals surface area contributed by atoms with Crippen LogP contribution in [0.1, 0.15) is 0 Å². The average Bonchev–Trinajstić information content (AvgIpc) is 3.69. The summed E-state index contributed by atoms with van der Waals surface area (Å²) < 4.78 is 10.7. The molecule has 59 heavy (non-hydrogen) atoms. The number of imidazole rings is 1. The molecule has 10 aromatic rings. The number of para-hydroxylation sites is 3. The molecule has 2 heterocycles. The van der Waals surface area contributed by atoms with Gasteiger partial charge in [-0.15, -0.1) is 35.9 Å². The Morgan fingerprint density at radius 2 is 1.00 bits per heavy atom. The second kappa shape index (κ2) is 16.8. The molecule has 0 fully saturated rings. The predicted octanol–water partition coefficient (Wildman–Crippen LogP) is 12.8. The van der Waals surface area contributed by atoms with Gasteiger partial charge in [0.15, 0.2) is 0 Å². The van der Waals surface area contributed by atoms with E-state index in [1.165, 1.54) is 11.1 Å². The van der Waals surface area contributed by atoms with Gasteiger partial charge in [0, 0.05) is 38.8 Å². The minimum atomic E-state index is 0. The number of benzene rings is 8. The van der Waals surface area contributed by atoms with E-state index in [0.29, 0.717) is 11.5 Å². The maximum atomic E-state index is 6.46. The van der Waals surface area contributed by atoms with Gasteiger partial charge in [-0.2, -0.15) is 12.1 Å². The molecule has 284 valence electrons. The van der Waals surface area contributed by atoms with Gasteiger partial charge < -0.3 is 14.3 Å². The molecule has 8 aromatic carbocycles. The number of hydrogen-bond acceptors (Lipinski definition) is 2. The molecule has 0 aliphatic rings. The van der Waals surface area contributed by atoms with E-state index >= 15 is 0 Å². The van der Waals surface area contributed by atoms with Gasteiger partial charge in [0.25, 0.3) is 6.33 Å². The molecule has 0 aliphatic carbocycles. The summed E-state index contributed by atoms with van der Waals surface area (Å²) >= 11 is 0. The standard InChI is InChI=1S/C54H35N3O.Pt/c1-4-15-39(16-5-1)40-29-31-41(32-30-40)44-33-34-55-51(36-44)45-21-12-23-47(35-45)58-48-24-13-22-46(37-48)56-38-57(53-28-11-10-27-52(53)56)54-49(42-17-6-2-7-18-42)25-14-26-50(54)43-19-8-3-9-20-43;/h1-34,36H;/q-2;. The Kier molecular flexibility index (Phi) is 10.6. The van der Waals surface area contributed by atoms with Crippen molar-refractivity contribution in [1.82, 2.24) is 9.55 Å². The molecule has 4 nitrogen and oxygen atoms in total. The maximum absolute atomic E-state index is 6.46. The quantitative estimate of drug-likeness (QED) is 0.107. The van der Waals surface area contributed by atoms with E-state index in [-0.39, 0.29) is 21.1 Å². The van der Waals surface area contributed by atoms with Crippen LogP contribution in [-0.2, 0) is 21.1 Å². The molecule has 0 radical (unpaired) electrons. The van der Waals surface area contributed by atoms with Crippen LogP contribution in [0.2, 0.25) is 0 Å². The molecule has 0 spiro atoms. The van der Waals surface area contributed by atoms with Gasteiger partial charge in [-0.1, -0.05) is 170 Å². The van der Waals surface area contributed by atoms with Crippen LogP contribution in [-0.4, -0.2) is 9.55 Å². The summed E-state index contributed by atoms with van der Waals surface area (Å²) in [6.07, 6.45) is 5.57. The molecule has 0 atom stereocenters. The summed E-state index contributed by atoms with van der Waals surface area (Å²) in [7, 11) is 0. The molecular weight excluding hydrogens is 902 g/mol. The van der Waals surface area contributed by atoms with Crippen molar-refractivity contribution in [2.75, 3.05) is 0 Å². The smallest absolute Gasteiger partial charge is 0.268 e. The summed E-state index contributed by atoms with van der Waals surface area (Å²) in [6, 6.07) is 78.0. The van der Waals surface area contributed by atoms with Gasteiger partial charge in [-0.3, -0.25) is 4.57 Å². The number of ether oxygens (including phenoxy) is 1. The van der Waals surface area contributed by atoms with Crippen molar-refractivity contribution in [1.29, 1.82) is 0 Å². The number of pyridine rings is 1. The summed E-state index contributed by atoms with van der Waals surface area (Å²) in [6.45, 7) is 0. The Bertz CT molecular complexity index is 2960. The van der Waals surface area contributed by atoms with E-state index in [1.807, 2.05) is 54.7 Å². The third-order valence-electron chi connectivity index (χ3n) is 10.3. The minimum Gasteiger partial charge on any atom is -0.503 e. The average molecular weight is 937 g/mol. The van der Waals surface area contributed by atoms with Crippen molar-refractivity contribution >= 4 is 11.0 Å². The summed E-state index contributed by atoms with van der Waals surface area (Å²) in [5, 5.41) is 0. The van der Waals surface area contributed by atoms with Crippen LogP contribution < -0.4 is 9.30 Å². The molecule has 0 amide bonds. The van der Waals surface area contributed by atoms with E-state index in [2.05, 4.69) is 185 Å². The fourth-order valence-corrected chi connectivity index (χ4v) is 7.53. The van der Waals surface area contributed by atoms with Crippen molar-refractivity contribution < 1.29 is 30.4 Å². The van der Waals surface area contributed by atoms with Gasteiger partial charge in [-0.05, 0) is 62.0 Å². The first-order valence-corrected chi connectivity index (χ1v) is 19.3. The van der Waals surface area contributed by atoms with E-state index in [4.69, 9.17) is 9.72 Å². The normalized spacial score (nSPS) is 10.9. The zero-order valence-electron chi connectivity index (χ0n) is 31.8. The molecule has 0 saturated heterocycles. The van der Waals surface area contributed by atoms with E-state index < -0.39 is 0 Å². The van der Waals surface area contributed by atoms with Gasteiger partial charge in [0.2, 0.25) is 0 Å². The van der Waals surface area contributed by atoms with Crippen LogP contribution in [0.15, 0.2) is 212 Å². The van der Waals surface area contributed by atoms with Gasteiger partial charge in [-0.25, -0.2) is 0 Å². The summed E-state index contributed by atoms with van der Waals surface area (Å²) in [5.41, 5.74) is 14.6. The number of fused-ring (bicyclic) bond motifs is 1. The van der Waals surface area contributed by atoms with Crippen molar-refractivity contribution in [2.24, 2.45) is 0 Å². The van der Waals surface area contributed by atoms with E-state index in [1.54, 1.807) is 0 Å². The Labute approximate surface area is 358 Å². The van der Waals surface area contributed by atoms with Crippen molar-refractivity contribution in [2.45, 2.75) is 0 Å². The first kappa shape index (κ1) is 37.4. The fourth-order valence-electron chi connectivity index (χ4n) is 7.53. The number of hydrogen-bond donors (Lipinski definition) is 0. The Hall–Kier alpha value is -7.13. The van der Waals surface area contributed by atoms with Crippen LogP contribution in [0.4, 0.5) is 0 Å². The Morgan fingerprint density at radius 1 is 0.458 bits per heavy atom. The van der Waals surface area contributed by atoms with E-state index in [9.17, 15) is 0 Å². The monoisotopic (exact) mass is 936 g/mol. The molecule has 0 aliphatic heterocycles. The molecule has 0 N–H and O–H groups in total. The van der Waals surface area contributed by atoms with Gasteiger partial charge in [0.05, 0.1) is 16.7 Å². The van der Waals surface area contributed by atoms with Crippen molar-refractivity contribution in [3.05, 3.63) is 231 Å². The van der Waals surface area contributed by atoms with Crippen LogP contribution in [0, 0.1) is 18.5 Å². The first-order valence-electron chi connectivity index (χ1n) is 19.3. The second-order valence-corrected chi connectivity index (χ2v) is 14.0. The maximum Gasteiger partial charge on any atom is 0.268 e. The molecule has 0 unspecified atom stereocenters. The number of nitrogens with zero attached hydrogens (tertiary/aromatic N) is 3. The Balaban J connectivity index is 0.00000449. The predicted molar refractivity (Wildman–Crippen MR) is 233 cm³/mol. The molecule has 2 aromatic heterocycles. The van der Waals surface area contributed by atoms with Crippen LogP contribution >= 0.6 is 0 Å². The first-order chi connectivity index (χ1) is 28.7. The third kappa shape index (κ3) is 7.67. The SMILES string of the molecule is [Pt].[c-]1c(Oc2[c-]c(-n3[c-][n+](-c4c(-c5ccccc5)cccc4-c4ccccc4)c4ccccc43)ccc2)cccc1-c1cc(-c2ccc(-c3ccccc3)cc2)ccn1. The molecular formula is C54H35N3OPt-2. The molecule has 5 heteroatoms. The van der Waals surface area contributed by atoms with Crippen molar-refractivity contribution in [3.8, 4) is 78.6 Å². The van der Waals surface area contributed by atoms with Gasteiger partial charge in [0.1, 0.15) is 0 Å². The third-order valence-corrected chi connectivity index (χ3v) is 10.3. The topological polar surface area (TPSA) is 30.9 Å². The van der Waals surface area contributed by atoms with Crippen molar-refractivity contribution in [3.63, 3.8) is 0 Å². The summed E-state index contributed by atoms with van der Waals surface area (Å²) in [5.74, 6) is 1.14. The van der Waals surface area contributed by atoms with Crippen LogP contribution in [0.3, 0.4) is 0 Å². The van der Waals surface area contributed by atoms with Crippen LogP contribution in [0.25, 0.3) is 78.2 Å². The Morgan fingerprint density at radius 3 is 1.68 bits per heavy atom. The fraction of sp³-hybridized carbons (Fsp3) is 0. The number of rotatable bonds is 9. The van der Waals surface area contributed by atoms with Gasteiger partial charge >= 0.3 is 0 Å². The largest absolute Gasteiger partial charge is 0.503 e.